The monoisotopic (exact) mass is 286 g/mol. The Morgan fingerprint density at radius 2 is 1.89 bits per heavy atom. The van der Waals surface area contributed by atoms with Crippen LogP contribution in [0.15, 0.2) is 42.5 Å². The minimum absolute atomic E-state index is 0.305. The summed E-state index contributed by atoms with van der Waals surface area (Å²) in [6, 6.07) is 9.73. The highest BCUT2D eigenvalue weighted by molar-refractivity contribution is 7.54. The largest absolute Gasteiger partial charge is 0.377 e. The van der Waals surface area contributed by atoms with E-state index in [4.69, 9.17) is 4.74 Å². The normalized spacial score (nSPS) is 13.8. The molecule has 0 saturated carbocycles. The molecule has 0 aromatic heterocycles. The lowest BCUT2D eigenvalue weighted by Gasteiger charge is -2.16. The van der Waals surface area contributed by atoms with Crippen molar-refractivity contribution in [1.82, 2.24) is 0 Å². The van der Waals surface area contributed by atoms with Crippen molar-refractivity contribution >= 4 is 7.60 Å². The van der Waals surface area contributed by atoms with E-state index in [1.54, 1.807) is 6.08 Å². The fourth-order valence-electron chi connectivity index (χ4n) is 1.39. The van der Waals surface area contributed by atoms with Crippen molar-refractivity contribution < 1.29 is 23.5 Å². The zero-order chi connectivity index (χ0) is 14.1. The number of rotatable bonds is 8. The van der Waals surface area contributed by atoms with Gasteiger partial charge in [0.05, 0.1) is 13.2 Å². The van der Waals surface area contributed by atoms with Gasteiger partial charge in [-0.25, -0.2) is 0 Å². The second-order valence-corrected chi connectivity index (χ2v) is 6.09. The molecule has 0 heterocycles. The Labute approximate surface area is 113 Å². The molecule has 0 fully saturated rings. The van der Waals surface area contributed by atoms with Gasteiger partial charge in [-0.2, -0.15) is 0 Å². The zero-order valence-electron chi connectivity index (χ0n) is 11.1. The molecule has 0 saturated heterocycles. The lowest BCUT2D eigenvalue weighted by Crippen LogP contribution is -2.07. The molecular weight excluding hydrogens is 267 g/mol. The van der Waals surface area contributed by atoms with Crippen LogP contribution in [0.3, 0.4) is 0 Å². The summed E-state index contributed by atoms with van der Waals surface area (Å²) in [7, 11) is -1.01. The number of ether oxygens (including phenoxy) is 1. The Hall–Kier alpha value is -0.970. The molecule has 1 unspecified atom stereocenters. The maximum atomic E-state index is 11.7. The van der Waals surface area contributed by atoms with Gasteiger partial charge in [-0.05, 0) is 11.6 Å². The molecule has 1 aromatic carbocycles. The van der Waals surface area contributed by atoms with E-state index in [9.17, 15) is 9.67 Å². The molecular formula is C13H19O5P. The van der Waals surface area contributed by atoms with Crippen LogP contribution >= 0.6 is 7.60 Å². The minimum Gasteiger partial charge on any atom is -0.377 e. The summed E-state index contributed by atoms with van der Waals surface area (Å²) in [5.74, 6) is -1.29. The van der Waals surface area contributed by atoms with Crippen molar-refractivity contribution in [2.24, 2.45) is 0 Å². The molecule has 0 spiro atoms. The summed E-state index contributed by atoms with van der Waals surface area (Å²) in [6.45, 7) is 0.785. The second-order valence-electron chi connectivity index (χ2n) is 3.75. The summed E-state index contributed by atoms with van der Waals surface area (Å²) in [4.78, 5) is 0. The molecule has 0 aliphatic rings. The standard InChI is InChI=1S/C13H19O5P/c1-16-19(15,17-2)13(14)9-6-10-18-11-12-7-4-3-5-8-12/h3-9,13-14H,10-11H2,1-2H3/b9-6+. The first-order valence-corrected chi connectivity index (χ1v) is 7.41. The van der Waals surface area contributed by atoms with Gasteiger partial charge in [-0.15, -0.1) is 0 Å². The molecule has 1 aromatic rings. The van der Waals surface area contributed by atoms with Gasteiger partial charge in [0, 0.05) is 14.2 Å². The van der Waals surface area contributed by atoms with Crippen molar-refractivity contribution in [3.8, 4) is 0 Å². The average molecular weight is 286 g/mol. The Morgan fingerprint density at radius 3 is 2.47 bits per heavy atom. The first kappa shape index (κ1) is 16.1. The maximum Gasteiger partial charge on any atom is 0.362 e. The molecule has 1 rings (SSSR count). The summed E-state index contributed by atoms with van der Waals surface area (Å²) in [6.07, 6.45) is 2.93. The SMILES string of the molecule is COP(=O)(OC)C(O)/C=C/COCc1ccccc1. The zero-order valence-corrected chi connectivity index (χ0v) is 12.0. The van der Waals surface area contributed by atoms with Crippen molar-refractivity contribution in [3.05, 3.63) is 48.0 Å². The van der Waals surface area contributed by atoms with Crippen LogP contribution in [0, 0.1) is 0 Å². The predicted molar refractivity (Wildman–Crippen MR) is 72.9 cm³/mol. The van der Waals surface area contributed by atoms with E-state index in [2.05, 4.69) is 9.05 Å². The van der Waals surface area contributed by atoms with E-state index in [0.717, 1.165) is 5.56 Å². The van der Waals surface area contributed by atoms with E-state index in [-0.39, 0.29) is 0 Å². The summed E-state index contributed by atoms with van der Waals surface area (Å²) < 4.78 is 26.5. The Kier molecular flexibility index (Phi) is 6.99. The molecule has 0 aliphatic heterocycles. The van der Waals surface area contributed by atoms with Crippen molar-refractivity contribution in [1.29, 1.82) is 0 Å². The lowest BCUT2D eigenvalue weighted by atomic mass is 10.2. The van der Waals surface area contributed by atoms with Crippen molar-refractivity contribution in [2.45, 2.75) is 12.5 Å². The topological polar surface area (TPSA) is 65.0 Å². The molecule has 5 nitrogen and oxygen atoms in total. The van der Waals surface area contributed by atoms with Gasteiger partial charge in [0.1, 0.15) is 0 Å². The molecule has 1 atom stereocenters. The third-order valence-corrected chi connectivity index (χ3v) is 4.30. The molecule has 0 radical (unpaired) electrons. The van der Waals surface area contributed by atoms with Crippen LogP contribution in [-0.2, 0) is 25.0 Å². The summed E-state index contributed by atoms with van der Waals surface area (Å²) >= 11 is 0. The number of aliphatic hydroxyl groups excluding tert-OH is 1. The highest BCUT2D eigenvalue weighted by atomic mass is 31.2. The molecule has 0 aliphatic carbocycles. The summed E-state index contributed by atoms with van der Waals surface area (Å²) in [5.41, 5.74) is 1.07. The van der Waals surface area contributed by atoms with Crippen LogP contribution in [-0.4, -0.2) is 31.8 Å². The van der Waals surface area contributed by atoms with E-state index in [0.29, 0.717) is 13.2 Å². The third kappa shape index (κ3) is 5.27. The van der Waals surface area contributed by atoms with Gasteiger partial charge in [0.25, 0.3) is 0 Å². The van der Waals surface area contributed by atoms with Crippen LogP contribution < -0.4 is 0 Å². The first-order valence-electron chi connectivity index (χ1n) is 5.80. The smallest absolute Gasteiger partial charge is 0.362 e. The lowest BCUT2D eigenvalue weighted by molar-refractivity contribution is 0.147. The fraction of sp³-hybridized carbons (Fsp3) is 0.385. The fourth-order valence-corrected chi connectivity index (χ4v) is 2.31. The van der Waals surface area contributed by atoms with Crippen molar-refractivity contribution in [3.63, 3.8) is 0 Å². The van der Waals surface area contributed by atoms with Crippen LogP contribution in [0.4, 0.5) is 0 Å². The summed E-state index contributed by atoms with van der Waals surface area (Å²) in [5, 5.41) is 9.63. The average Bonchev–Trinajstić information content (AvgIpc) is 2.47. The van der Waals surface area contributed by atoms with Crippen LogP contribution in [0.2, 0.25) is 0 Å². The van der Waals surface area contributed by atoms with Gasteiger partial charge in [-0.1, -0.05) is 36.4 Å². The van der Waals surface area contributed by atoms with Gasteiger partial charge in [0.2, 0.25) is 0 Å². The van der Waals surface area contributed by atoms with Crippen LogP contribution in [0.25, 0.3) is 0 Å². The van der Waals surface area contributed by atoms with E-state index >= 15 is 0 Å². The molecule has 0 bridgehead atoms. The Morgan fingerprint density at radius 1 is 1.26 bits per heavy atom. The second kappa shape index (κ2) is 8.25. The minimum atomic E-state index is -3.47. The van der Waals surface area contributed by atoms with E-state index in [1.807, 2.05) is 30.3 Å². The van der Waals surface area contributed by atoms with Crippen LogP contribution in [0.1, 0.15) is 5.56 Å². The number of hydrogen-bond donors (Lipinski definition) is 1. The van der Waals surface area contributed by atoms with Gasteiger partial charge >= 0.3 is 7.60 Å². The third-order valence-electron chi connectivity index (χ3n) is 2.47. The number of benzene rings is 1. The highest BCUT2D eigenvalue weighted by Gasteiger charge is 2.29. The molecule has 0 amide bonds. The van der Waals surface area contributed by atoms with Gasteiger partial charge < -0.3 is 18.9 Å². The van der Waals surface area contributed by atoms with Crippen LogP contribution in [0.5, 0.6) is 0 Å². The van der Waals surface area contributed by atoms with Gasteiger partial charge in [0.15, 0.2) is 5.85 Å². The predicted octanol–water partition coefficient (Wildman–Crippen LogP) is 2.56. The molecule has 106 valence electrons. The number of aliphatic hydroxyl groups is 1. The number of hydrogen-bond acceptors (Lipinski definition) is 5. The van der Waals surface area contributed by atoms with E-state index < -0.39 is 13.4 Å². The van der Waals surface area contributed by atoms with Crippen molar-refractivity contribution in [2.75, 3.05) is 20.8 Å². The molecule has 6 heteroatoms. The Balaban J connectivity index is 2.33. The Bertz CT molecular complexity index is 424. The maximum absolute atomic E-state index is 11.7. The molecule has 19 heavy (non-hydrogen) atoms. The van der Waals surface area contributed by atoms with E-state index in [1.165, 1.54) is 20.3 Å². The van der Waals surface area contributed by atoms with Gasteiger partial charge in [-0.3, -0.25) is 4.57 Å². The molecule has 1 N–H and O–H groups in total. The quantitative estimate of drug-likeness (QED) is 0.452. The first-order chi connectivity index (χ1) is 9.12. The highest BCUT2D eigenvalue weighted by Crippen LogP contribution is 2.50.